The lowest BCUT2D eigenvalue weighted by Gasteiger charge is -2.08. The fraction of sp³-hybridized carbons (Fsp3) is 0.412. The van der Waals surface area contributed by atoms with Crippen LogP contribution in [0.2, 0.25) is 0 Å². The summed E-state index contributed by atoms with van der Waals surface area (Å²) in [4.78, 5) is 35.0. The summed E-state index contributed by atoms with van der Waals surface area (Å²) >= 11 is 0. The van der Waals surface area contributed by atoms with Crippen LogP contribution in [-0.2, 0) is 0 Å². The molecular formula is C68H84N2O7. The van der Waals surface area contributed by atoms with Crippen molar-refractivity contribution < 1.29 is 33.3 Å². The minimum absolute atomic E-state index is 0.423. The minimum atomic E-state index is -0.426. The average molecular weight is 1040 g/mol. The lowest BCUT2D eigenvalue weighted by atomic mass is 10.1. The molecule has 0 spiro atoms. The molecule has 0 aliphatic rings. The highest BCUT2D eigenvalue weighted by Gasteiger charge is 2.11. The van der Waals surface area contributed by atoms with E-state index in [2.05, 4.69) is 23.8 Å². The summed E-state index contributed by atoms with van der Waals surface area (Å²) in [6.45, 7) is 5.90. The van der Waals surface area contributed by atoms with Crippen LogP contribution in [0.3, 0.4) is 0 Å². The van der Waals surface area contributed by atoms with Crippen LogP contribution in [0, 0.1) is 0 Å². The molecular weight excluding hydrogens is 957 g/mol. The number of benzene rings is 6. The first-order chi connectivity index (χ1) is 37.9. The van der Waals surface area contributed by atoms with E-state index in [0.29, 0.717) is 47.3 Å². The molecule has 77 heavy (non-hydrogen) atoms. The maximum atomic E-state index is 12.9. The van der Waals surface area contributed by atoms with Crippen LogP contribution in [0.1, 0.15) is 200 Å². The standard InChI is InChI=1S/C68H84N2O7/c1-3-5-7-9-11-13-15-17-19-21-23-25-50-73-61-44-34-57(35-45-61)67(71)76-64-40-30-55(31-41-64)53-69-59-38-48-63(49-39-59)75-66-29-27-28-60(52-66)70-54-56-32-42-65(43-33-56)77-68(72)58-36-46-62(47-37-58)74-51-26-24-22-20-18-16-14-12-10-8-6-4-2/h27-49,52-54H,3-26,50-51H2,1-2H3. The van der Waals surface area contributed by atoms with Crippen LogP contribution < -0.4 is 23.7 Å². The number of aliphatic imine (C=N–C) groups is 2. The van der Waals surface area contributed by atoms with Crippen LogP contribution in [0.15, 0.2) is 156 Å². The molecule has 6 aromatic rings. The highest BCUT2D eigenvalue weighted by atomic mass is 16.5. The van der Waals surface area contributed by atoms with Gasteiger partial charge in [-0.3, -0.25) is 9.98 Å². The summed E-state index contributed by atoms with van der Waals surface area (Å²) in [6.07, 6.45) is 35.0. The van der Waals surface area contributed by atoms with E-state index in [4.69, 9.17) is 23.7 Å². The number of unbranched alkanes of at least 4 members (excludes halogenated alkanes) is 22. The van der Waals surface area contributed by atoms with Crippen LogP contribution in [0.5, 0.6) is 34.5 Å². The smallest absolute Gasteiger partial charge is 0.343 e. The van der Waals surface area contributed by atoms with Gasteiger partial charge in [0.05, 0.1) is 35.7 Å². The fourth-order valence-electron chi connectivity index (χ4n) is 8.88. The Hall–Kier alpha value is -7.00. The largest absolute Gasteiger partial charge is 0.494 e. The molecule has 0 fully saturated rings. The summed E-state index contributed by atoms with van der Waals surface area (Å²) in [6, 6.07) is 43.7. The molecule has 0 heterocycles. The average Bonchev–Trinajstić information content (AvgIpc) is 3.46. The first-order valence-electron chi connectivity index (χ1n) is 29.0. The summed E-state index contributed by atoms with van der Waals surface area (Å²) < 4.78 is 29.3. The van der Waals surface area contributed by atoms with Gasteiger partial charge in [0.25, 0.3) is 0 Å². The van der Waals surface area contributed by atoms with E-state index >= 15 is 0 Å². The van der Waals surface area contributed by atoms with E-state index in [1.807, 2.05) is 97.1 Å². The number of hydrogen-bond acceptors (Lipinski definition) is 9. The first-order valence-corrected chi connectivity index (χ1v) is 29.0. The maximum absolute atomic E-state index is 12.9. The van der Waals surface area contributed by atoms with Crippen LogP contribution in [0.4, 0.5) is 11.4 Å². The molecule has 9 nitrogen and oxygen atoms in total. The lowest BCUT2D eigenvalue weighted by Crippen LogP contribution is -2.08. The van der Waals surface area contributed by atoms with E-state index in [1.54, 1.807) is 61.0 Å². The SMILES string of the molecule is CCCCCCCCCCCCCCOc1ccc(C(=O)Oc2ccc(C=Nc3ccc(Oc4cccc(N=Cc5ccc(OC(=O)c6ccc(OCCCCCCCCCCCCCC)cc6)cc5)c4)cc3)cc2)cc1. The van der Waals surface area contributed by atoms with Gasteiger partial charge < -0.3 is 23.7 Å². The van der Waals surface area contributed by atoms with Gasteiger partial charge in [0.15, 0.2) is 0 Å². The molecule has 9 heteroatoms. The summed E-state index contributed by atoms with van der Waals surface area (Å²) in [5.74, 6) is 2.87. The molecule has 408 valence electrons. The van der Waals surface area contributed by atoms with Crippen LogP contribution in [0.25, 0.3) is 0 Å². The van der Waals surface area contributed by atoms with E-state index in [9.17, 15) is 9.59 Å². The molecule has 0 saturated carbocycles. The summed E-state index contributed by atoms with van der Waals surface area (Å²) in [7, 11) is 0. The van der Waals surface area contributed by atoms with E-state index in [-0.39, 0.29) is 0 Å². The van der Waals surface area contributed by atoms with E-state index < -0.39 is 11.9 Å². The van der Waals surface area contributed by atoms with Gasteiger partial charge in [-0.05, 0) is 157 Å². The molecule has 0 atom stereocenters. The molecule has 0 amide bonds. The zero-order valence-electron chi connectivity index (χ0n) is 46.1. The number of rotatable bonds is 38. The summed E-state index contributed by atoms with van der Waals surface area (Å²) in [5, 5.41) is 0. The molecule has 0 bridgehead atoms. The van der Waals surface area contributed by atoms with Gasteiger partial charge >= 0.3 is 11.9 Å². The second-order valence-electron chi connectivity index (χ2n) is 20.1. The topological polar surface area (TPSA) is 105 Å². The monoisotopic (exact) mass is 1040 g/mol. The highest BCUT2D eigenvalue weighted by molar-refractivity contribution is 5.92. The van der Waals surface area contributed by atoms with Gasteiger partial charge in [0.1, 0.15) is 34.5 Å². The van der Waals surface area contributed by atoms with Crippen molar-refractivity contribution in [1.82, 2.24) is 0 Å². The second-order valence-corrected chi connectivity index (χ2v) is 20.1. The van der Waals surface area contributed by atoms with Crippen LogP contribution >= 0.6 is 0 Å². The molecule has 0 aromatic heterocycles. The molecule has 0 radical (unpaired) electrons. The van der Waals surface area contributed by atoms with Gasteiger partial charge in [-0.15, -0.1) is 0 Å². The molecule has 0 aliphatic heterocycles. The molecule has 0 unspecified atom stereocenters. The third-order valence-corrected chi connectivity index (χ3v) is 13.5. The van der Waals surface area contributed by atoms with Crippen molar-refractivity contribution in [2.24, 2.45) is 9.98 Å². The van der Waals surface area contributed by atoms with Gasteiger partial charge in [-0.2, -0.15) is 0 Å². The Labute approximate surface area is 460 Å². The zero-order valence-corrected chi connectivity index (χ0v) is 46.1. The number of carbonyl (C=O) groups is 2. The van der Waals surface area contributed by atoms with Crippen molar-refractivity contribution in [2.75, 3.05) is 13.2 Å². The van der Waals surface area contributed by atoms with Crippen LogP contribution in [-0.4, -0.2) is 37.6 Å². The Morgan fingerprint density at radius 3 is 1.10 bits per heavy atom. The highest BCUT2D eigenvalue weighted by Crippen LogP contribution is 2.28. The second kappa shape index (κ2) is 36.1. The number of esters is 2. The normalized spacial score (nSPS) is 11.3. The number of carbonyl (C=O) groups excluding carboxylic acids is 2. The molecule has 0 N–H and O–H groups in total. The molecule has 6 aromatic carbocycles. The molecule has 0 saturated heterocycles. The Balaban J connectivity index is 0.834. The van der Waals surface area contributed by atoms with Crippen molar-refractivity contribution in [1.29, 1.82) is 0 Å². The number of ether oxygens (including phenoxy) is 5. The quantitative estimate of drug-likeness (QED) is 0.0165. The van der Waals surface area contributed by atoms with Gasteiger partial charge in [-0.25, -0.2) is 9.59 Å². The van der Waals surface area contributed by atoms with E-state index in [0.717, 1.165) is 46.8 Å². The Kier molecular flexibility index (Phi) is 27.8. The third kappa shape index (κ3) is 24.3. The van der Waals surface area contributed by atoms with Crippen molar-refractivity contribution in [2.45, 2.75) is 168 Å². The van der Waals surface area contributed by atoms with Crippen molar-refractivity contribution in [3.63, 3.8) is 0 Å². The maximum Gasteiger partial charge on any atom is 0.343 e. The Morgan fingerprint density at radius 1 is 0.351 bits per heavy atom. The third-order valence-electron chi connectivity index (χ3n) is 13.5. The van der Waals surface area contributed by atoms with Crippen molar-refractivity contribution in [3.8, 4) is 34.5 Å². The van der Waals surface area contributed by atoms with Crippen molar-refractivity contribution in [3.05, 3.63) is 168 Å². The predicted molar refractivity (Wildman–Crippen MR) is 316 cm³/mol. The zero-order chi connectivity index (χ0) is 53.8. The first kappa shape index (κ1) is 59.2. The van der Waals surface area contributed by atoms with E-state index in [1.165, 1.54) is 141 Å². The Bertz CT molecular complexity index is 2610. The lowest BCUT2D eigenvalue weighted by molar-refractivity contribution is 0.0725. The van der Waals surface area contributed by atoms with Gasteiger partial charge in [0, 0.05) is 18.5 Å². The summed E-state index contributed by atoms with van der Waals surface area (Å²) in [5.41, 5.74) is 4.12. The minimum Gasteiger partial charge on any atom is -0.494 e. The Morgan fingerprint density at radius 2 is 0.701 bits per heavy atom. The molecule has 6 rings (SSSR count). The van der Waals surface area contributed by atoms with Crippen molar-refractivity contribution >= 4 is 35.7 Å². The van der Waals surface area contributed by atoms with Gasteiger partial charge in [0.2, 0.25) is 0 Å². The number of hydrogen-bond donors (Lipinski definition) is 0. The fourth-order valence-corrected chi connectivity index (χ4v) is 8.88. The van der Waals surface area contributed by atoms with Gasteiger partial charge in [-0.1, -0.05) is 161 Å². The number of nitrogens with zero attached hydrogens (tertiary/aromatic N) is 2. The molecule has 0 aliphatic carbocycles. The predicted octanol–water partition coefficient (Wildman–Crippen LogP) is 19.6.